The summed E-state index contributed by atoms with van der Waals surface area (Å²) < 4.78 is 0. The Morgan fingerprint density at radius 2 is 1.85 bits per heavy atom. The van der Waals surface area contributed by atoms with Crippen LogP contribution in [0.2, 0.25) is 15.1 Å². The topological polar surface area (TPSA) is 29.1 Å². The lowest BCUT2D eigenvalue weighted by Gasteiger charge is -2.02. The Morgan fingerprint density at radius 1 is 1.05 bits per heavy atom. The summed E-state index contributed by atoms with van der Waals surface area (Å²) in [5.74, 6) is -0.182. The molecule has 0 aromatic heterocycles. The molecule has 2 aromatic rings. The van der Waals surface area contributed by atoms with Gasteiger partial charge in [0.2, 0.25) is 0 Å². The lowest BCUT2D eigenvalue weighted by atomic mass is 10.0. The average molecular weight is 325 g/mol. The quantitative estimate of drug-likeness (QED) is 0.723. The highest BCUT2D eigenvalue weighted by molar-refractivity contribution is 6.43. The van der Waals surface area contributed by atoms with Crippen LogP contribution >= 0.6 is 34.8 Å². The van der Waals surface area contributed by atoms with Crippen molar-refractivity contribution in [3.63, 3.8) is 0 Å². The summed E-state index contributed by atoms with van der Waals surface area (Å²) in [5.41, 5.74) is 2.75. The molecule has 1 N–H and O–H groups in total. The highest BCUT2D eigenvalue weighted by Crippen LogP contribution is 2.36. The van der Waals surface area contributed by atoms with Crippen LogP contribution in [0, 0.1) is 0 Å². The van der Waals surface area contributed by atoms with Gasteiger partial charge in [0.1, 0.15) is 0 Å². The predicted molar refractivity (Wildman–Crippen MR) is 84.4 cm³/mol. The predicted octanol–water partition coefficient (Wildman–Crippen LogP) is 5.14. The number of hydrogen-bond acceptors (Lipinski definition) is 1. The normalized spacial score (nSPS) is 15.3. The molecule has 1 aliphatic heterocycles. The highest BCUT2D eigenvalue weighted by atomic mass is 35.5. The van der Waals surface area contributed by atoms with Gasteiger partial charge in [-0.05, 0) is 29.8 Å². The van der Waals surface area contributed by atoms with Crippen molar-refractivity contribution in [1.82, 2.24) is 0 Å². The van der Waals surface area contributed by atoms with Gasteiger partial charge in [-0.2, -0.15) is 0 Å². The summed E-state index contributed by atoms with van der Waals surface area (Å²) in [4.78, 5) is 12.0. The molecule has 100 valence electrons. The zero-order chi connectivity index (χ0) is 14.3. The number of carbonyl (C=O) groups excluding carboxylic acids is 1. The molecule has 2 nitrogen and oxygen atoms in total. The molecule has 0 bridgehead atoms. The Balaban J connectivity index is 2.14. The molecular formula is C15H8Cl3NO. The van der Waals surface area contributed by atoms with E-state index >= 15 is 0 Å². The third-order valence-electron chi connectivity index (χ3n) is 3.05. The SMILES string of the molecule is O=C1Nc2cc(Cl)ccc2/C1=C/c1cccc(Cl)c1Cl. The van der Waals surface area contributed by atoms with E-state index in [1.807, 2.05) is 6.07 Å². The number of benzene rings is 2. The fraction of sp³-hybridized carbons (Fsp3) is 0. The maximum atomic E-state index is 12.0. The maximum Gasteiger partial charge on any atom is 0.256 e. The Morgan fingerprint density at radius 3 is 2.65 bits per heavy atom. The molecule has 0 fully saturated rings. The monoisotopic (exact) mass is 323 g/mol. The largest absolute Gasteiger partial charge is 0.321 e. The van der Waals surface area contributed by atoms with E-state index in [2.05, 4.69) is 5.32 Å². The molecule has 0 spiro atoms. The summed E-state index contributed by atoms with van der Waals surface area (Å²) in [5, 5.41) is 4.23. The van der Waals surface area contributed by atoms with E-state index in [0.29, 0.717) is 31.9 Å². The van der Waals surface area contributed by atoms with E-state index in [4.69, 9.17) is 34.8 Å². The average Bonchev–Trinajstić information content (AvgIpc) is 2.70. The van der Waals surface area contributed by atoms with E-state index < -0.39 is 0 Å². The third-order valence-corrected chi connectivity index (χ3v) is 4.11. The second kappa shape index (κ2) is 5.13. The molecule has 0 saturated heterocycles. The van der Waals surface area contributed by atoms with Crippen molar-refractivity contribution in [3.05, 3.63) is 62.6 Å². The van der Waals surface area contributed by atoms with Gasteiger partial charge in [0.05, 0.1) is 15.7 Å². The first-order valence-electron chi connectivity index (χ1n) is 5.83. The second-order valence-corrected chi connectivity index (χ2v) is 5.57. The van der Waals surface area contributed by atoms with E-state index in [1.54, 1.807) is 36.4 Å². The van der Waals surface area contributed by atoms with Crippen LogP contribution in [0.3, 0.4) is 0 Å². The molecule has 0 radical (unpaired) electrons. The van der Waals surface area contributed by atoms with Gasteiger partial charge >= 0.3 is 0 Å². The number of anilines is 1. The minimum Gasteiger partial charge on any atom is -0.321 e. The number of amides is 1. The molecule has 0 atom stereocenters. The van der Waals surface area contributed by atoms with Crippen LogP contribution in [0.1, 0.15) is 11.1 Å². The van der Waals surface area contributed by atoms with E-state index in [1.165, 1.54) is 0 Å². The molecule has 2 aromatic carbocycles. The van der Waals surface area contributed by atoms with Crippen molar-refractivity contribution in [2.24, 2.45) is 0 Å². The zero-order valence-corrected chi connectivity index (χ0v) is 12.4. The fourth-order valence-corrected chi connectivity index (χ4v) is 2.63. The van der Waals surface area contributed by atoms with Crippen LogP contribution in [-0.4, -0.2) is 5.91 Å². The van der Waals surface area contributed by atoms with Gasteiger partial charge in [-0.3, -0.25) is 4.79 Å². The first-order valence-corrected chi connectivity index (χ1v) is 6.96. The van der Waals surface area contributed by atoms with Crippen molar-refractivity contribution < 1.29 is 4.79 Å². The lowest BCUT2D eigenvalue weighted by Crippen LogP contribution is -2.03. The van der Waals surface area contributed by atoms with Crippen molar-refractivity contribution in [2.75, 3.05) is 5.32 Å². The first kappa shape index (κ1) is 13.5. The molecule has 0 saturated carbocycles. The molecule has 1 heterocycles. The Labute approximate surface area is 131 Å². The highest BCUT2D eigenvalue weighted by Gasteiger charge is 2.24. The Kier molecular flexibility index (Phi) is 3.47. The molecule has 3 rings (SSSR count). The minimum absolute atomic E-state index is 0.182. The molecular weight excluding hydrogens is 317 g/mol. The number of fused-ring (bicyclic) bond motifs is 1. The van der Waals surface area contributed by atoms with Crippen LogP contribution in [0.4, 0.5) is 5.69 Å². The van der Waals surface area contributed by atoms with Crippen LogP contribution in [0.25, 0.3) is 11.6 Å². The third kappa shape index (κ3) is 2.31. The van der Waals surface area contributed by atoms with Gasteiger partial charge in [-0.15, -0.1) is 0 Å². The van der Waals surface area contributed by atoms with Crippen molar-refractivity contribution in [2.45, 2.75) is 0 Å². The first-order chi connectivity index (χ1) is 9.56. The van der Waals surface area contributed by atoms with Gasteiger partial charge in [-0.1, -0.05) is 53.0 Å². The van der Waals surface area contributed by atoms with Crippen LogP contribution in [0.5, 0.6) is 0 Å². The molecule has 1 aliphatic rings. The summed E-state index contributed by atoms with van der Waals surface area (Å²) in [6, 6.07) is 10.6. The second-order valence-electron chi connectivity index (χ2n) is 4.35. The summed E-state index contributed by atoms with van der Waals surface area (Å²) >= 11 is 18.0. The van der Waals surface area contributed by atoms with E-state index in [-0.39, 0.29) is 5.91 Å². The van der Waals surface area contributed by atoms with Crippen LogP contribution in [-0.2, 0) is 4.79 Å². The van der Waals surface area contributed by atoms with Crippen molar-refractivity contribution in [3.8, 4) is 0 Å². The van der Waals surface area contributed by atoms with Crippen molar-refractivity contribution in [1.29, 1.82) is 0 Å². The minimum atomic E-state index is -0.182. The van der Waals surface area contributed by atoms with Gasteiger partial charge < -0.3 is 5.32 Å². The van der Waals surface area contributed by atoms with Gasteiger partial charge in [-0.25, -0.2) is 0 Å². The number of halogens is 3. The Bertz CT molecular complexity index is 753. The number of carbonyl (C=O) groups is 1. The Hall–Kier alpha value is -1.48. The maximum absolute atomic E-state index is 12.0. The number of hydrogen-bond donors (Lipinski definition) is 1. The standard InChI is InChI=1S/C15H8Cl3NO/c16-9-4-5-10-11(15(20)19-13(10)7-9)6-8-2-1-3-12(17)14(8)18/h1-7H,(H,19,20)/b11-6-. The summed E-state index contributed by atoms with van der Waals surface area (Å²) in [6.07, 6.45) is 1.73. The molecule has 1 amide bonds. The fourth-order valence-electron chi connectivity index (χ4n) is 2.10. The molecule has 5 heteroatoms. The van der Waals surface area contributed by atoms with Crippen molar-refractivity contribution >= 4 is 58.0 Å². The summed E-state index contributed by atoms with van der Waals surface area (Å²) in [6.45, 7) is 0. The van der Waals surface area contributed by atoms with Gasteiger partial charge in [0.15, 0.2) is 0 Å². The number of rotatable bonds is 1. The number of nitrogens with one attached hydrogen (secondary N) is 1. The van der Waals surface area contributed by atoms with Gasteiger partial charge in [0.25, 0.3) is 5.91 Å². The summed E-state index contributed by atoms with van der Waals surface area (Å²) in [7, 11) is 0. The van der Waals surface area contributed by atoms with Gasteiger partial charge in [0, 0.05) is 16.2 Å². The van der Waals surface area contributed by atoms with E-state index in [0.717, 1.165) is 5.56 Å². The smallest absolute Gasteiger partial charge is 0.256 e. The van der Waals surface area contributed by atoms with Crippen LogP contribution < -0.4 is 5.32 Å². The molecule has 20 heavy (non-hydrogen) atoms. The van der Waals surface area contributed by atoms with Crippen LogP contribution in [0.15, 0.2) is 36.4 Å². The zero-order valence-electron chi connectivity index (χ0n) is 10.1. The lowest BCUT2D eigenvalue weighted by molar-refractivity contribution is -0.110. The van der Waals surface area contributed by atoms with E-state index in [9.17, 15) is 4.79 Å². The molecule has 0 unspecified atom stereocenters. The molecule has 0 aliphatic carbocycles.